The number of unbranched alkanes of at least 4 members (excludes halogenated alkanes) is 27. The molecule has 0 radical (unpaired) electrons. The van der Waals surface area contributed by atoms with Crippen LogP contribution in [0.5, 0.6) is 5.75 Å². The van der Waals surface area contributed by atoms with Crippen molar-refractivity contribution >= 4 is 0 Å². The van der Waals surface area contributed by atoms with Crippen molar-refractivity contribution in [1.82, 2.24) is 4.90 Å². The molecule has 0 saturated heterocycles. The Labute approximate surface area is 319 Å². The van der Waals surface area contributed by atoms with Crippen molar-refractivity contribution in [3.63, 3.8) is 0 Å². The Hall–Kier alpha value is -1.80. The van der Waals surface area contributed by atoms with Gasteiger partial charge in [0.25, 0.3) is 0 Å². The van der Waals surface area contributed by atoms with Gasteiger partial charge in [0.15, 0.2) is 0 Å². The Morgan fingerprint density at radius 1 is 0.412 bits per heavy atom. The summed E-state index contributed by atoms with van der Waals surface area (Å²) in [5.41, 5.74) is 3.87. The van der Waals surface area contributed by atoms with Crippen molar-refractivity contribution in [2.75, 3.05) is 13.1 Å². The number of rotatable bonds is 36. The van der Waals surface area contributed by atoms with E-state index in [-0.39, 0.29) is 6.04 Å². The van der Waals surface area contributed by atoms with Crippen LogP contribution < -0.4 is 0 Å². The second-order valence-electron chi connectivity index (χ2n) is 16.0. The molecular formula is C49H85NO. The highest BCUT2D eigenvalue weighted by Gasteiger charge is 2.24. The van der Waals surface area contributed by atoms with Gasteiger partial charge in [-0.25, -0.2) is 0 Å². The number of hydrogen-bond acceptors (Lipinski definition) is 2. The van der Waals surface area contributed by atoms with Crippen LogP contribution in [-0.2, 0) is 6.42 Å². The Morgan fingerprint density at radius 3 is 1.16 bits per heavy atom. The molecule has 0 bridgehead atoms. The van der Waals surface area contributed by atoms with Crippen LogP contribution in [0.15, 0.2) is 48.5 Å². The van der Waals surface area contributed by atoms with Gasteiger partial charge in [-0.1, -0.05) is 237 Å². The maximum Gasteiger partial charge on any atom is 0.120 e. The lowest BCUT2D eigenvalue weighted by molar-refractivity contribution is 0.211. The number of phenolic OH excluding ortho intramolecular Hbond substituents is 1. The molecule has 2 nitrogen and oxygen atoms in total. The van der Waals surface area contributed by atoms with Crippen molar-refractivity contribution in [2.24, 2.45) is 0 Å². The van der Waals surface area contributed by atoms with Gasteiger partial charge in [-0.15, -0.1) is 0 Å². The Morgan fingerprint density at radius 2 is 0.765 bits per heavy atom. The van der Waals surface area contributed by atoms with Gasteiger partial charge >= 0.3 is 0 Å². The van der Waals surface area contributed by atoms with E-state index in [4.69, 9.17) is 0 Å². The van der Waals surface area contributed by atoms with E-state index in [9.17, 15) is 5.11 Å². The zero-order valence-corrected chi connectivity index (χ0v) is 34.4. The first kappa shape index (κ1) is 45.4. The van der Waals surface area contributed by atoms with Gasteiger partial charge < -0.3 is 5.11 Å². The molecule has 0 amide bonds. The number of nitrogens with zero attached hydrogens (tertiary/aromatic N) is 1. The molecule has 1 atom stereocenters. The minimum absolute atomic E-state index is 0.106. The fourth-order valence-corrected chi connectivity index (χ4v) is 7.96. The fraction of sp³-hybridized carbons (Fsp3) is 0.755. The Bertz CT molecular complexity index is 989. The van der Waals surface area contributed by atoms with Crippen LogP contribution in [0.3, 0.4) is 0 Å². The molecule has 1 N–H and O–H groups in total. The number of aromatic hydroxyl groups is 1. The van der Waals surface area contributed by atoms with Gasteiger partial charge in [0.1, 0.15) is 5.75 Å². The molecule has 0 fully saturated rings. The van der Waals surface area contributed by atoms with Crippen molar-refractivity contribution in [2.45, 2.75) is 226 Å². The van der Waals surface area contributed by atoms with Crippen molar-refractivity contribution < 1.29 is 5.11 Å². The van der Waals surface area contributed by atoms with Crippen LogP contribution in [-0.4, -0.2) is 23.1 Å². The van der Waals surface area contributed by atoms with Crippen LogP contribution in [0.4, 0.5) is 0 Å². The standard InChI is InChI=1S/C49H85NO/c1-4-7-10-13-16-19-21-23-26-29-34-43-50(44-35-30-27-24-22-20-17-14-11-8-5-2)49(47-37-32-33-38-48(47)51)46-41-39-45(40-42-46)36-31-28-25-18-15-12-9-6-3/h32-33,37-42,49,51H,4-31,34-36,43-44H2,1-3H3. The molecule has 292 valence electrons. The quantitative estimate of drug-likeness (QED) is 0.0714. The smallest absolute Gasteiger partial charge is 0.120 e. The van der Waals surface area contributed by atoms with Crippen LogP contribution >= 0.6 is 0 Å². The van der Waals surface area contributed by atoms with Crippen LogP contribution in [0.2, 0.25) is 0 Å². The summed E-state index contributed by atoms with van der Waals surface area (Å²) in [6, 6.07) is 17.8. The Kier molecular flexibility index (Phi) is 29.2. The molecule has 0 heterocycles. The van der Waals surface area contributed by atoms with Gasteiger partial charge in [-0.05, 0) is 56.0 Å². The molecular weight excluding hydrogens is 619 g/mol. The van der Waals surface area contributed by atoms with E-state index < -0.39 is 0 Å². The fourth-order valence-electron chi connectivity index (χ4n) is 7.96. The molecule has 1 unspecified atom stereocenters. The molecule has 0 aliphatic carbocycles. The van der Waals surface area contributed by atoms with Crippen LogP contribution in [0.1, 0.15) is 236 Å². The zero-order chi connectivity index (χ0) is 36.5. The molecule has 2 heteroatoms. The van der Waals surface area contributed by atoms with Gasteiger partial charge in [-0.2, -0.15) is 0 Å². The molecule has 2 aromatic carbocycles. The van der Waals surface area contributed by atoms with E-state index in [2.05, 4.69) is 62.1 Å². The third-order valence-corrected chi connectivity index (χ3v) is 11.3. The molecule has 0 saturated carbocycles. The zero-order valence-electron chi connectivity index (χ0n) is 34.4. The lowest BCUT2D eigenvalue weighted by Gasteiger charge is -2.33. The average molecular weight is 704 g/mol. The maximum atomic E-state index is 11.2. The van der Waals surface area contributed by atoms with E-state index in [1.807, 2.05) is 12.1 Å². The summed E-state index contributed by atoms with van der Waals surface area (Å²) in [5, 5.41) is 11.2. The molecule has 0 aliphatic heterocycles. The molecule has 2 rings (SSSR count). The minimum atomic E-state index is 0.106. The summed E-state index contributed by atoms with van der Waals surface area (Å²) in [6.45, 7) is 9.12. The summed E-state index contributed by atoms with van der Waals surface area (Å²) in [5.74, 6) is 0.438. The third kappa shape index (κ3) is 22.8. The first-order chi connectivity index (χ1) is 25.2. The van der Waals surface area contributed by atoms with E-state index >= 15 is 0 Å². The third-order valence-electron chi connectivity index (χ3n) is 11.3. The number of para-hydroxylation sites is 1. The van der Waals surface area contributed by atoms with Gasteiger partial charge in [0, 0.05) is 5.56 Å². The van der Waals surface area contributed by atoms with E-state index in [1.165, 1.54) is 210 Å². The summed E-state index contributed by atoms with van der Waals surface area (Å²) in [4.78, 5) is 2.73. The van der Waals surface area contributed by atoms with E-state index in [0.29, 0.717) is 5.75 Å². The monoisotopic (exact) mass is 704 g/mol. The predicted molar refractivity (Wildman–Crippen MR) is 227 cm³/mol. The van der Waals surface area contributed by atoms with Crippen LogP contribution in [0, 0.1) is 0 Å². The average Bonchev–Trinajstić information content (AvgIpc) is 3.15. The maximum absolute atomic E-state index is 11.2. The van der Waals surface area contributed by atoms with E-state index in [0.717, 1.165) is 18.7 Å². The number of phenols is 1. The first-order valence-corrected chi connectivity index (χ1v) is 22.8. The van der Waals surface area contributed by atoms with Crippen molar-refractivity contribution in [3.8, 4) is 5.75 Å². The highest BCUT2D eigenvalue weighted by atomic mass is 16.3. The molecule has 0 aliphatic rings. The topological polar surface area (TPSA) is 23.5 Å². The van der Waals surface area contributed by atoms with E-state index in [1.54, 1.807) is 0 Å². The lowest BCUT2D eigenvalue weighted by Crippen LogP contribution is -2.32. The summed E-state index contributed by atoms with van der Waals surface area (Å²) in [6.07, 6.45) is 42.4. The second kappa shape index (κ2) is 32.8. The largest absolute Gasteiger partial charge is 0.508 e. The van der Waals surface area contributed by atoms with Crippen molar-refractivity contribution in [3.05, 3.63) is 65.2 Å². The number of hydrogen-bond donors (Lipinski definition) is 1. The molecule has 0 spiro atoms. The van der Waals surface area contributed by atoms with Gasteiger partial charge in [0.05, 0.1) is 6.04 Å². The first-order valence-electron chi connectivity index (χ1n) is 22.8. The molecule has 51 heavy (non-hydrogen) atoms. The SMILES string of the molecule is CCCCCCCCCCCCCN(CCCCCCCCCCCCC)C(c1ccc(CCCCCCCCCC)cc1)c1ccccc1O. The summed E-state index contributed by atoms with van der Waals surface area (Å²) in [7, 11) is 0. The predicted octanol–water partition coefficient (Wildman–Crippen LogP) is 16.1. The summed E-state index contributed by atoms with van der Waals surface area (Å²) < 4.78 is 0. The van der Waals surface area contributed by atoms with Gasteiger partial charge in [-0.3, -0.25) is 4.90 Å². The van der Waals surface area contributed by atoms with Crippen LogP contribution in [0.25, 0.3) is 0 Å². The lowest BCUT2D eigenvalue weighted by atomic mass is 9.93. The second-order valence-corrected chi connectivity index (χ2v) is 16.0. The van der Waals surface area contributed by atoms with Gasteiger partial charge in [0.2, 0.25) is 0 Å². The molecule has 0 aromatic heterocycles. The minimum Gasteiger partial charge on any atom is -0.508 e. The normalized spacial score (nSPS) is 12.2. The highest BCUT2D eigenvalue weighted by molar-refractivity contribution is 5.41. The Balaban J connectivity index is 1.97. The number of benzene rings is 2. The molecule has 2 aromatic rings. The number of aryl methyl sites for hydroxylation is 1. The summed E-state index contributed by atoms with van der Waals surface area (Å²) >= 11 is 0. The highest BCUT2D eigenvalue weighted by Crippen LogP contribution is 2.35. The van der Waals surface area contributed by atoms with Crippen molar-refractivity contribution in [1.29, 1.82) is 0 Å².